The predicted molar refractivity (Wildman–Crippen MR) is 64.4 cm³/mol. The van der Waals surface area contributed by atoms with E-state index in [1.807, 2.05) is 0 Å². The highest BCUT2D eigenvalue weighted by Crippen LogP contribution is 2.86. The van der Waals surface area contributed by atoms with E-state index in [1.54, 1.807) is 0 Å². The van der Waals surface area contributed by atoms with Crippen LogP contribution in [0.5, 0.6) is 0 Å². The summed E-state index contributed by atoms with van der Waals surface area (Å²) in [7, 11) is 0. The highest BCUT2D eigenvalue weighted by Gasteiger charge is 2.80. The van der Waals surface area contributed by atoms with Gasteiger partial charge in [0.1, 0.15) is 0 Å². The van der Waals surface area contributed by atoms with Crippen molar-refractivity contribution in [1.29, 1.82) is 0 Å². The Morgan fingerprint density at radius 1 is 1.47 bits per heavy atom. The van der Waals surface area contributed by atoms with E-state index in [0.717, 1.165) is 18.3 Å². The third-order valence-electron chi connectivity index (χ3n) is 6.72. The molecule has 1 spiro atoms. The number of allylic oxidation sites excluding steroid dienone is 1. The fourth-order valence-electron chi connectivity index (χ4n) is 6.09. The lowest BCUT2D eigenvalue weighted by molar-refractivity contribution is -0.139. The van der Waals surface area contributed by atoms with Crippen LogP contribution in [-0.2, 0) is 4.79 Å². The Morgan fingerprint density at radius 2 is 2.29 bits per heavy atom. The molecular weight excluding hydrogens is 212 g/mol. The van der Waals surface area contributed by atoms with Gasteiger partial charge in [-0.2, -0.15) is 0 Å². The first kappa shape index (κ1) is 10.2. The van der Waals surface area contributed by atoms with E-state index in [2.05, 4.69) is 6.58 Å². The number of carboxylic acids is 1. The van der Waals surface area contributed by atoms with E-state index < -0.39 is 5.97 Å². The van der Waals surface area contributed by atoms with Crippen LogP contribution in [0.25, 0.3) is 0 Å². The van der Waals surface area contributed by atoms with Gasteiger partial charge in [0.15, 0.2) is 0 Å². The van der Waals surface area contributed by atoms with Crippen molar-refractivity contribution in [1.82, 2.24) is 0 Å². The SMILES string of the molecule is C=C1CC[C@@H]2C[C@@H]3[C@H]1CC[C@@]31C[C@@]21CC(=O)O. The van der Waals surface area contributed by atoms with Gasteiger partial charge in [-0.05, 0) is 67.1 Å². The van der Waals surface area contributed by atoms with Crippen molar-refractivity contribution in [3.63, 3.8) is 0 Å². The molecule has 0 heterocycles. The fourth-order valence-corrected chi connectivity index (χ4v) is 6.09. The molecule has 92 valence electrons. The molecule has 0 aromatic rings. The molecule has 4 aliphatic carbocycles. The molecule has 5 atom stereocenters. The summed E-state index contributed by atoms with van der Waals surface area (Å²) in [6.45, 7) is 4.29. The number of rotatable bonds is 2. The summed E-state index contributed by atoms with van der Waals surface area (Å²) in [4.78, 5) is 11.2. The number of carbonyl (C=O) groups is 1. The van der Waals surface area contributed by atoms with E-state index in [1.165, 1.54) is 37.7 Å². The van der Waals surface area contributed by atoms with Crippen molar-refractivity contribution in [3.05, 3.63) is 12.2 Å². The maximum absolute atomic E-state index is 11.2. The molecule has 1 N–H and O–H groups in total. The minimum Gasteiger partial charge on any atom is -0.481 e. The van der Waals surface area contributed by atoms with Gasteiger partial charge in [-0.15, -0.1) is 0 Å². The quantitative estimate of drug-likeness (QED) is 0.742. The predicted octanol–water partition coefficient (Wildman–Crippen LogP) is 3.23. The monoisotopic (exact) mass is 232 g/mol. The average molecular weight is 232 g/mol. The second kappa shape index (κ2) is 2.78. The van der Waals surface area contributed by atoms with Gasteiger partial charge in [0, 0.05) is 0 Å². The second-order valence-electron chi connectivity index (χ2n) is 6.94. The van der Waals surface area contributed by atoms with E-state index >= 15 is 0 Å². The standard InChI is InChI=1S/C15H20O2/c1-9-2-3-10-6-12-11(9)4-5-14(12)8-15(10,14)7-13(16)17/h10-12H,1-8H2,(H,16,17)/t10-,11+,12-,14-,15+/m1/s1. The Balaban J connectivity index is 1.76. The molecule has 0 aromatic heterocycles. The molecular formula is C15H20O2. The first-order chi connectivity index (χ1) is 8.09. The van der Waals surface area contributed by atoms with Gasteiger partial charge in [0.25, 0.3) is 0 Å². The van der Waals surface area contributed by atoms with Crippen LogP contribution in [0.3, 0.4) is 0 Å². The minimum absolute atomic E-state index is 0.207. The molecule has 4 saturated carbocycles. The summed E-state index contributed by atoms with van der Waals surface area (Å²) in [6, 6.07) is 0. The number of aliphatic carboxylic acids is 1. The van der Waals surface area contributed by atoms with Crippen molar-refractivity contribution in [2.75, 3.05) is 0 Å². The van der Waals surface area contributed by atoms with Crippen molar-refractivity contribution in [3.8, 4) is 0 Å². The maximum Gasteiger partial charge on any atom is 0.303 e. The van der Waals surface area contributed by atoms with Crippen LogP contribution in [0.15, 0.2) is 12.2 Å². The lowest BCUT2D eigenvalue weighted by Gasteiger charge is -2.24. The van der Waals surface area contributed by atoms with Gasteiger partial charge in [0.05, 0.1) is 6.42 Å². The lowest BCUT2D eigenvalue weighted by Crippen LogP contribution is -2.21. The molecule has 2 nitrogen and oxygen atoms in total. The third kappa shape index (κ3) is 0.974. The van der Waals surface area contributed by atoms with Crippen LogP contribution in [-0.4, -0.2) is 11.1 Å². The second-order valence-corrected chi connectivity index (χ2v) is 6.94. The van der Waals surface area contributed by atoms with Crippen LogP contribution in [0, 0.1) is 28.6 Å². The minimum atomic E-state index is -0.574. The lowest BCUT2D eigenvalue weighted by atomic mass is 9.80. The van der Waals surface area contributed by atoms with Crippen LogP contribution in [0.1, 0.15) is 44.9 Å². The zero-order valence-electron chi connectivity index (χ0n) is 10.2. The molecule has 2 bridgehead atoms. The number of carboxylic acid groups (broad SMARTS) is 1. The topological polar surface area (TPSA) is 37.3 Å². The first-order valence-corrected chi connectivity index (χ1v) is 6.98. The summed E-state index contributed by atoms with van der Waals surface area (Å²) < 4.78 is 0. The Morgan fingerprint density at radius 3 is 3.06 bits per heavy atom. The van der Waals surface area contributed by atoms with Gasteiger partial charge in [-0.3, -0.25) is 4.79 Å². The van der Waals surface area contributed by atoms with Gasteiger partial charge >= 0.3 is 5.97 Å². The normalized spacial score (nSPS) is 54.4. The molecule has 0 saturated heterocycles. The molecule has 2 heteroatoms. The van der Waals surface area contributed by atoms with E-state index in [-0.39, 0.29) is 5.41 Å². The first-order valence-electron chi connectivity index (χ1n) is 6.98. The highest BCUT2D eigenvalue weighted by molar-refractivity contribution is 5.69. The summed E-state index contributed by atoms with van der Waals surface area (Å²) in [5.74, 6) is 1.64. The van der Waals surface area contributed by atoms with Gasteiger partial charge < -0.3 is 5.11 Å². The summed E-state index contributed by atoms with van der Waals surface area (Å²) >= 11 is 0. The zero-order valence-corrected chi connectivity index (χ0v) is 10.2. The Hall–Kier alpha value is -0.790. The van der Waals surface area contributed by atoms with Crippen LogP contribution in [0.4, 0.5) is 0 Å². The average Bonchev–Trinajstić information content (AvgIpc) is 2.66. The number of hydrogen-bond acceptors (Lipinski definition) is 1. The molecule has 4 rings (SSSR count). The molecule has 17 heavy (non-hydrogen) atoms. The summed E-state index contributed by atoms with van der Waals surface area (Å²) in [5, 5.41) is 9.21. The maximum atomic E-state index is 11.2. The molecule has 0 unspecified atom stereocenters. The smallest absolute Gasteiger partial charge is 0.303 e. The molecule has 4 fully saturated rings. The van der Waals surface area contributed by atoms with E-state index in [9.17, 15) is 9.90 Å². The fraction of sp³-hybridized carbons (Fsp3) is 0.800. The number of fused-ring (bicyclic) bond motifs is 2. The largest absolute Gasteiger partial charge is 0.481 e. The van der Waals surface area contributed by atoms with E-state index in [4.69, 9.17) is 0 Å². The van der Waals surface area contributed by atoms with Crippen molar-refractivity contribution < 1.29 is 9.90 Å². The Bertz CT molecular complexity index is 427. The van der Waals surface area contributed by atoms with E-state index in [0.29, 0.717) is 17.8 Å². The van der Waals surface area contributed by atoms with Crippen LogP contribution >= 0.6 is 0 Å². The van der Waals surface area contributed by atoms with Crippen LogP contribution < -0.4 is 0 Å². The number of hydrogen-bond donors (Lipinski definition) is 1. The van der Waals surface area contributed by atoms with Crippen LogP contribution in [0.2, 0.25) is 0 Å². The van der Waals surface area contributed by atoms with Gasteiger partial charge in [-0.1, -0.05) is 12.2 Å². The molecule has 0 amide bonds. The molecule has 0 aromatic carbocycles. The Kier molecular flexibility index (Phi) is 1.66. The van der Waals surface area contributed by atoms with Crippen molar-refractivity contribution in [2.24, 2.45) is 28.6 Å². The highest BCUT2D eigenvalue weighted by atomic mass is 16.4. The zero-order chi connectivity index (χ0) is 11.8. The van der Waals surface area contributed by atoms with Crippen molar-refractivity contribution in [2.45, 2.75) is 44.9 Å². The summed E-state index contributed by atoms with van der Waals surface area (Å²) in [5.41, 5.74) is 2.12. The molecule has 4 aliphatic rings. The molecule has 0 aliphatic heterocycles. The third-order valence-corrected chi connectivity index (χ3v) is 6.72. The Labute approximate surface area is 102 Å². The summed E-state index contributed by atoms with van der Waals surface area (Å²) in [6.07, 6.45) is 7.89. The van der Waals surface area contributed by atoms with Gasteiger partial charge in [-0.25, -0.2) is 0 Å². The van der Waals surface area contributed by atoms with Gasteiger partial charge in [0.2, 0.25) is 0 Å². The van der Waals surface area contributed by atoms with Crippen molar-refractivity contribution >= 4 is 5.97 Å². The molecule has 0 radical (unpaired) electrons.